The summed E-state index contributed by atoms with van der Waals surface area (Å²) in [6.45, 7) is 0.0910. The van der Waals surface area contributed by atoms with Crippen molar-refractivity contribution in [3.8, 4) is 22.9 Å². The second-order valence-corrected chi connectivity index (χ2v) is 4.95. The van der Waals surface area contributed by atoms with Crippen LogP contribution in [0.3, 0.4) is 0 Å². The Bertz CT molecular complexity index is 920. The van der Waals surface area contributed by atoms with E-state index in [4.69, 9.17) is 4.74 Å². The van der Waals surface area contributed by atoms with Crippen molar-refractivity contribution in [1.29, 1.82) is 5.26 Å². The van der Waals surface area contributed by atoms with Gasteiger partial charge in [-0.1, -0.05) is 42.5 Å². The van der Waals surface area contributed by atoms with E-state index in [1.807, 2.05) is 42.5 Å². The molecule has 2 aromatic carbocycles. The summed E-state index contributed by atoms with van der Waals surface area (Å²) >= 11 is 0. The third kappa shape index (κ3) is 2.85. The minimum atomic E-state index is -0.305. The first-order valence-electron chi connectivity index (χ1n) is 7.02. The van der Waals surface area contributed by atoms with Crippen LogP contribution < -0.4 is 10.4 Å². The molecule has 0 fully saturated rings. The van der Waals surface area contributed by atoms with E-state index in [9.17, 15) is 10.1 Å². The Hall–Kier alpha value is -3.33. The van der Waals surface area contributed by atoms with Crippen LogP contribution in [0, 0.1) is 11.3 Å². The van der Waals surface area contributed by atoms with Crippen LogP contribution in [0.2, 0.25) is 0 Å². The molecule has 1 aromatic heterocycles. The van der Waals surface area contributed by atoms with Crippen molar-refractivity contribution in [1.82, 2.24) is 14.8 Å². The minimum Gasteiger partial charge on any atom is -0.484 e. The number of rotatable bonds is 4. The van der Waals surface area contributed by atoms with Gasteiger partial charge < -0.3 is 4.74 Å². The molecule has 0 amide bonds. The molecule has 6 heteroatoms. The molecule has 3 aromatic rings. The molecule has 114 valence electrons. The van der Waals surface area contributed by atoms with Gasteiger partial charge in [-0.3, -0.25) is 4.57 Å². The number of benzene rings is 2. The normalized spacial score (nSPS) is 10.3. The molecule has 1 N–H and O–H groups in total. The van der Waals surface area contributed by atoms with Gasteiger partial charge >= 0.3 is 5.69 Å². The second kappa shape index (κ2) is 6.20. The van der Waals surface area contributed by atoms with E-state index in [1.165, 1.54) is 4.57 Å². The van der Waals surface area contributed by atoms with Gasteiger partial charge in [-0.2, -0.15) is 10.4 Å². The van der Waals surface area contributed by atoms with E-state index in [0.29, 0.717) is 17.1 Å². The highest BCUT2D eigenvalue weighted by atomic mass is 16.5. The predicted molar refractivity (Wildman–Crippen MR) is 84.8 cm³/mol. The van der Waals surface area contributed by atoms with Gasteiger partial charge in [0.05, 0.1) is 5.56 Å². The molecule has 0 aliphatic carbocycles. The number of nitrogens with zero attached hydrogens (tertiary/aromatic N) is 3. The summed E-state index contributed by atoms with van der Waals surface area (Å²) in [5.74, 6) is 0.943. The summed E-state index contributed by atoms with van der Waals surface area (Å²) in [6, 6.07) is 17.2. The number of hydrogen-bond donors (Lipinski definition) is 1. The Morgan fingerprint density at radius 3 is 2.65 bits per heavy atom. The number of nitriles is 1. The topological polar surface area (TPSA) is 83.7 Å². The molecular formula is C17H14N4O2. The van der Waals surface area contributed by atoms with E-state index in [0.717, 1.165) is 11.1 Å². The summed E-state index contributed by atoms with van der Waals surface area (Å²) in [5, 5.41) is 15.6. The van der Waals surface area contributed by atoms with E-state index in [1.54, 1.807) is 13.1 Å². The molecule has 0 saturated carbocycles. The fourth-order valence-corrected chi connectivity index (χ4v) is 2.27. The maximum Gasteiger partial charge on any atom is 0.343 e. The van der Waals surface area contributed by atoms with Crippen LogP contribution in [0.25, 0.3) is 11.1 Å². The van der Waals surface area contributed by atoms with Crippen molar-refractivity contribution in [2.75, 3.05) is 0 Å². The van der Waals surface area contributed by atoms with Gasteiger partial charge in [0.25, 0.3) is 0 Å². The zero-order valence-corrected chi connectivity index (χ0v) is 12.5. The van der Waals surface area contributed by atoms with E-state index in [2.05, 4.69) is 16.3 Å². The highest BCUT2D eigenvalue weighted by Gasteiger charge is 2.13. The van der Waals surface area contributed by atoms with Crippen molar-refractivity contribution in [3.05, 3.63) is 70.4 Å². The highest BCUT2D eigenvalue weighted by molar-refractivity contribution is 5.73. The van der Waals surface area contributed by atoms with Gasteiger partial charge in [-0.25, -0.2) is 9.89 Å². The van der Waals surface area contributed by atoms with E-state index in [-0.39, 0.29) is 12.3 Å². The molecule has 0 saturated heterocycles. The van der Waals surface area contributed by atoms with Crippen LogP contribution in [-0.2, 0) is 13.7 Å². The number of para-hydroxylation sites is 1. The molecule has 0 atom stereocenters. The van der Waals surface area contributed by atoms with E-state index < -0.39 is 0 Å². The smallest absolute Gasteiger partial charge is 0.343 e. The van der Waals surface area contributed by atoms with Gasteiger partial charge in [-0.05, 0) is 11.6 Å². The third-order valence-electron chi connectivity index (χ3n) is 3.54. The van der Waals surface area contributed by atoms with Crippen LogP contribution in [0.1, 0.15) is 11.4 Å². The van der Waals surface area contributed by atoms with Gasteiger partial charge in [-0.15, -0.1) is 0 Å². The number of aromatic amines is 1. The van der Waals surface area contributed by atoms with Crippen LogP contribution in [0.5, 0.6) is 5.75 Å². The number of aromatic nitrogens is 3. The van der Waals surface area contributed by atoms with Crippen LogP contribution in [-0.4, -0.2) is 14.8 Å². The molecule has 0 unspecified atom stereocenters. The molecule has 1 heterocycles. The average molecular weight is 306 g/mol. The average Bonchev–Trinajstić information content (AvgIpc) is 2.92. The summed E-state index contributed by atoms with van der Waals surface area (Å²) in [6.07, 6.45) is 0. The SMILES string of the molecule is Cn1c(COc2c(C#N)cccc2-c2ccccc2)n[nH]c1=O. The molecule has 3 rings (SSSR count). The lowest BCUT2D eigenvalue weighted by Crippen LogP contribution is -2.15. The number of ether oxygens (including phenoxy) is 1. The summed E-state index contributed by atoms with van der Waals surface area (Å²) in [4.78, 5) is 11.4. The molecule has 6 nitrogen and oxygen atoms in total. The van der Waals surface area contributed by atoms with Crippen molar-refractivity contribution >= 4 is 0 Å². The Morgan fingerprint density at radius 2 is 2.00 bits per heavy atom. The fourth-order valence-electron chi connectivity index (χ4n) is 2.27. The lowest BCUT2D eigenvalue weighted by Gasteiger charge is -2.12. The van der Waals surface area contributed by atoms with E-state index >= 15 is 0 Å². The quantitative estimate of drug-likeness (QED) is 0.801. The maximum atomic E-state index is 11.4. The van der Waals surface area contributed by atoms with Crippen LogP contribution in [0.15, 0.2) is 53.3 Å². The van der Waals surface area contributed by atoms with Crippen LogP contribution >= 0.6 is 0 Å². The van der Waals surface area contributed by atoms with Crippen molar-refractivity contribution < 1.29 is 4.74 Å². The fraction of sp³-hybridized carbons (Fsp3) is 0.118. The number of nitrogens with one attached hydrogen (secondary N) is 1. The Kier molecular flexibility index (Phi) is 3.93. The van der Waals surface area contributed by atoms with Crippen LogP contribution in [0.4, 0.5) is 0 Å². The molecule has 0 spiro atoms. The van der Waals surface area contributed by atoms with Gasteiger partial charge in [0.2, 0.25) is 0 Å². The van der Waals surface area contributed by atoms with Crippen molar-refractivity contribution in [2.45, 2.75) is 6.61 Å². The first kappa shape index (κ1) is 14.6. The highest BCUT2D eigenvalue weighted by Crippen LogP contribution is 2.33. The molecular weight excluding hydrogens is 292 g/mol. The van der Waals surface area contributed by atoms with Crippen molar-refractivity contribution in [3.63, 3.8) is 0 Å². The standard InChI is InChI=1S/C17H14N4O2/c1-21-15(19-20-17(21)22)11-23-16-13(10-18)8-5-9-14(16)12-6-3-2-4-7-12/h2-9H,11H2,1H3,(H,20,22). The van der Waals surface area contributed by atoms with Gasteiger partial charge in [0.15, 0.2) is 5.82 Å². The first-order chi connectivity index (χ1) is 11.2. The maximum absolute atomic E-state index is 11.4. The Labute approximate surface area is 132 Å². The molecule has 0 radical (unpaired) electrons. The molecule has 0 bridgehead atoms. The lowest BCUT2D eigenvalue weighted by molar-refractivity contribution is 0.291. The summed E-state index contributed by atoms with van der Waals surface area (Å²) < 4.78 is 7.20. The summed E-state index contributed by atoms with van der Waals surface area (Å²) in [7, 11) is 1.61. The minimum absolute atomic E-state index is 0.0910. The summed E-state index contributed by atoms with van der Waals surface area (Å²) in [5.41, 5.74) is 1.91. The first-order valence-corrected chi connectivity index (χ1v) is 7.02. The zero-order chi connectivity index (χ0) is 16.2. The lowest BCUT2D eigenvalue weighted by atomic mass is 10.0. The molecule has 23 heavy (non-hydrogen) atoms. The molecule has 0 aliphatic heterocycles. The predicted octanol–water partition coefficient (Wildman–Crippen LogP) is 2.23. The van der Waals surface area contributed by atoms with Crippen molar-refractivity contribution in [2.24, 2.45) is 7.05 Å². The number of H-pyrrole nitrogens is 1. The zero-order valence-electron chi connectivity index (χ0n) is 12.5. The second-order valence-electron chi connectivity index (χ2n) is 4.95. The Balaban J connectivity index is 1.99. The monoisotopic (exact) mass is 306 g/mol. The number of hydrogen-bond acceptors (Lipinski definition) is 4. The largest absolute Gasteiger partial charge is 0.484 e. The molecule has 0 aliphatic rings. The van der Waals surface area contributed by atoms with Gasteiger partial charge in [0.1, 0.15) is 18.4 Å². The Morgan fingerprint density at radius 1 is 1.22 bits per heavy atom. The van der Waals surface area contributed by atoms with Gasteiger partial charge in [0, 0.05) is 12.6 Å². The third-order valence-corrected chi connectivity index (χ3v) is 3.54.